The number of nitrogens with zero attached hydrogens (tertiary/aromatic N) is 1. The van der Waals surface area contributed by atoms with Crippen molar-refractivity contribution in [2.24, 2.45) is 4.99 Å². The van der Waals surface area contributed by atoms with E-state index in [0.717, 1.165) is 17.4 Å². The van der Waals surface area contributed by atoms with E-state index in [1.165, 1.54) is 6.07 Å². The number of hydrogen-bond acceptors (Lipinski definition) is 3. The molecule has 0 radical (unpaired) electrons. The van der Waals surface area contributed by atoms with Crippen molar-refractivity contribution in [2.75, 3.05) is 0 Å². The zero-order chi connectivity index (χ0) is 9.14. The molecule has 62 valence electrons. The minimum Gasteiger partial charge on any atom is -0.266 e. The molecule has 1 rings (SSSR count). The number of hydrogen-bond donors (Lipinski definition) is 0. The highest BCUT2D eigenvalue weighted by atomic mass is 35.5. The molecule has 0 saturated heterocycles. The zero-order valence-electron chi connectivity index (χ0n) is 5.51. The summed E-state index contributed by atoms with van der Waals surface area (Å²) < 4.78 is 0.605. The summed E-state index contributed by atoms with van der Waals surface area (Å²) in [5.41, 5.74) is 0.134. The minimum atomic E-state index is -0.724. The summed E-state index contributed by atoms with van der Waals surface area (Å²) in [6, 6.07) is 1.36. The first kappa shape index (κ1) is 9.42. The van der Waals surface area contributed by atoms with E-state index in [4.69, 9.17) is 23.2 Å². The smallest absolute Gasteiger partial charge is 0.266 e. The molecule has 0 N–H and O–H groups in total. The molecular weight excluding hydrogens is 221 g/mol. The minimum absolute atomic E-state index is 0.134. The lowest BCUT2D eigenvalue weighted by Crippen LogP contribution is -1.91. The Morgan fingerprint density at radius 2 is 2.25 bits per heavy atom. The molecule has 1 aromatic rings. The molecule has 0 unspecified atom stereocenters. The Hall–Kier alpha value is -0.670. The van der Waals surface area contributed by atoms with E-state index < -0.39 is 5.91 Å². The van der Waals surface area contributed by atoms with Crippen LogP contribution >= 0.6 is 34.5 Å². The molecule has 0 saturated carbocycles. The quantitative estimate of drug-likeness (QED) is 0.541. The van der Waals surface area contributed by atoms with Gasteiger partial charge in [-0.15, -0.1) is 16.3 Å². The number of halogens is 2. The highest BCUT2D eigenvalue weighted by molar-refractivity contribution is 7.20. The normalized spacial score (nSPS) is 9.17. The lowest BCUT2D eigenvalue weighted by atomic mass is 10.3. The number of isocyanates is 1. The monoisotopic (exact) mass is 221 g/mol. The van der Waals surface area contributed by atoms with Gasteiger partial charge in [-0.05, 0) is 6.07 Å². The molecule has 1 amide bonds. The van der Waals surface area contributed by atoms with Gasteiger partial charge >= 0.3 is 0 Å². The average molecular weight is 222 g/mol. The Bertz CT molecular complexity index is 368. The first-order valence-corrected chi connectivity index (χ1v) is 4.29. The van der Waals surface area contributed by atoms with Crippen molar-refractivity contribution < 1.29 is 9.59 Å². The molecule has 0 fully saturated rings. The molecule has 0 atom stereocenters. The molecule has 0 aliphatic carbocycles. The van der Waals surface area contributed by atoms with E-state index >= 15 is 0 Å². The van der Waals surface area contributed by atoms with E-state index in [-0.39, 0.29) is 9.90 Å². The van der Waals surface area contributed by atoms with Gasteiger partial charge in [0.1, 0.15) is 4.34 Å². The van der Waals surface area contributed by atoms with Crippen LogP contribution in [-0.2, 0) is 4.79 Å². The van der Waals surface area contributed by atoms with Crippen LogP contribution in [0.2, 0.25) is 8.67 Å². The Balaban J connectivity index is 3.10. The molecule has 0 aliphatic rings. The summed E-state index contributed by atoms with van der Waals surface area (Å²) in [4.78, 5) is 23.5. The summed E-state index contributed by atoms with van der Waals surface area (Å²) in [6.07, 6.45) is 1.13. The van der Waals surface area contributed by atoms with E-state index in [0.29, 0.717) is 4.34 Å². The van der Waals surface area contributed by atoms with Gasteiger partial charge in [-0.1, -0.05) is 23.2 Å². The van der Waals surface area contributed by atoms with Crippen LogP contribution in [0.4, 0.5) is 0 Å². The first-order valence-electron chi connectivity index (χ1n) is 2.72. The van der Waals surface area contributed by atoms with Gasteiger partial charge in [0.05, 0.1) is 9.90 Å². The second-order valence-electron chi connectivity index (χ2n) is 1.75. The van der Waals surface area contributed by atoms with Gasteiger partial charge in [0.15, 0.2) is 0 Å². The molecule has 3 nitrogen and oxygen atoms in total. The number of amides is 1. The molecule has 0 aliphatic heterocycles. The number of carbonyl (C=O) groups is 1. The van der Waals surface area contributed by atoms with Crippen LogP contribution in [0.1, 0.15) is 10.4 Å². The van der Waals surface area contributed by atoms with Gasteiger partial charge in [0.25, 0.3) is 5.91 Å². The van der Waals surface area contributed by atoms with Crippen LogP contribution in [0.25, 0.3) is 0 Å². The maximum atomic E-state index is 10.9. The molecule has 6 heteroatoms. The van der Waals surface area contributed by atoms with Crippen LogP contribution in [0.5, 0.6) is 0 Å². The van der Waals surface area contributed by atoms with Crippen molar-refractivity contribution in [1.29, 1.82) is 0 Å². The van der Waals surface area contributed by atoms with Crippen molar-refractivity contribution in [3.8, 4) is 0 Å². The summed E-state index contributed by atoms with van der Waals surface area (Å²) in [5, 5.41) is 0. The fourth-order valence-electron chi connectivity index (χ4n) is 0.588. The zero-order valence-corrected chi connectivity index (χ0v) is 7.83. The number of carbonyl (C=O) groups excluding carboxylic acids is 2. The van der Waals surface area contributed by atoms with Crippen molar-refractivity contribution >= 4 is 46.5 Å². The summed E-state index contributed by atoms with van der Waals surface area (Å²) in [6.45, 7) is 0. The Morgan fingerprint density at radius 3 is 2.67 bits per heavy atom. The Morgan fingerprint density at radius 1 is 1.58 bits per heavy atom. The summed E-state index contributed by atoms with van der Waals surface area (Å²) in [7, 11) is 0. The average Bonchev–Trinajstić information content (AvgIpc) is 2.30. The number of thiophene rings is 1. The molecule has 1 heterocycles. The summed E-state index contributed by atoms with van der Waals surface area (Å²) >= 11 is 12.2. The van der Waals surface area contributed by atoms with Gasteiger partial charge in [-0.25, -0.2) is 4.79 Å². The molecule has 12 heavy (non-hydrogen) atoms. The van der Waals surface area contributed by atoms with Gasteiger partial charge < -0.3 is 0 Å². The predicted octanol–water partition coefficient (Wildman–Crippen LogP) is 2.53. The van der Waals surface area contributed by atoms with Crippen molar-refractivity contribution in [3.63, 3.8) is 0 Å². The highest BCUT2D eigenvalue weighted by Gasteiger charge is 2.12. The Labute approximate surface area is 81.6 Å². The van der Waals surface area contributed by atoms with Crippen LogP contribution in [0, 0.1) is 0 Å². The van der Waals surface area contributed by atoms with Gasteiger partial charge in [0.2, 0.25) is 6.08 Å². The lowest BCUT2D eigenvalue weighted by molar-refractivity contribution is 0.100. The van der Waals surface area contributed by atoms with Crippen molar-refractivity contribution in [3.05, 3.63) is 20.3 Å². The third-order valence-corrected chi connectivity index (χ3v) is 2.52. The second-order valence-corrected chi connectivity index (χ2v) is 4.03. The SMILES string of the molecule is O=C=NC(=O)c1cc(Cl)sc1Cl. The third-order valence-electron chi connectivity index (χ3n) is 1.03. The standard InChI is InChI=1S/C6HCl2NO2S/c7-4-1-3(5(8)12-4)6(11)9-2-10/h1H. The van der Waals surface area contributed by atoms with E-state index in [2.05, 4.69) is 4.99 Å². The fourth-order valence-corrected chi connectivity index (χ4v) is 2.04. The molecule has 0 spiro atoms. The van der Waals surface area contributed by atoms with Crippen molar-refractivity contribution in [2.45, 2.75) is 0 Å². The van der Waals surface area contributed by atoms with Gasteiger partial charge in [-0.2, -0.15) is 0 Å². The molecule has 0 bridgehead atoms. The van der Waals surface area contributed by atoms with Crippen LogP contribution < -0.4 is 0 Å². The van der Waals surface area contributed by atoms with Crippen LogP contribution in [-0.4, -0.2) is 12.0 Å². The Kier molecular flexibility index (Phi) is 3.00. The predicted molar refractivity (Wildman–Crippen MR) is 46.8 cm³/mol. The van der Waals surface area contributed by atoms with Gasteiger partial charge in [-0.3, -0.25) is 4.79 Å². The maximum absolute atomic E-state index is 10.9. The van der Waals surface area contributed by atoms with E-state index in [9.17, 15) is 9.59 Å². The lowest BCUT2D eigenvalue weighted by Gasteiger charge is -1.85. The molecule has 0 aromatic carbocycles. The van der Waals surface area contributed by atoms with Crippen LogP contribution in [0.15, 0.2) is 11.1 Å². The first-order chi connectivity index (χ1) is 5.65. The van der Waals surface area contributed by atoms with Crippen molar-refractivity contribution in [1.82, 2.24) is 0 Å². The number of rotatable bonds is 1. The second kappa shape index (κ2) is 3.83. The number of aliphatic imine (C=N–C) groups is 1. The summed E-state index contributed by atoms with van der Waals surface area (Å²) in [5.74, 6) is -0.724. The highest BCUT2D eigenvalue weighted by Crippen LogP contribution is 2.31. The third kappa shape index (κ3) is 1.93. The molecule has 1 aromatic heterocycles. The van der Waals surface area contributed by atoms with E-state index in [1.54, 1.807) is 0 Å². The van der Waals surface area contributed by atoms with E-state index in [1.807, 2.05) is 0 Å². The topological polar surface area (TPSA) is 46.5 Å². The maximum Gasteiger partial charge on any atom is 0.290 e. The van der Waals surface area contributed by atoms with Gasteiger partial charge in [0, 0.05) is 0 Å². The van der Waals surface area contributed by atoms with Crippen LogP contribution in [0.3, 0.4) is 0 Å². The fraction of sp³-hybridized carbons (Fsp3) is 0. The molecular formula is C6HCl2NO2S. The largest absolute Gasteiger partial charge is 0.290 e.